The van der Waals surface area contributed by atoms with Gasteiger partial charge in [0.25, 0.3) is 5.56 Å². The van der Waals surface area contributed by atoms with E-state index in [1.54, 1.807) is 6.26 Å². The highest BCUT2D eigenvalue weighted by atomic mass is 16.3. The zero-order valence-corrected chi connectivity index (χ0v) is 11.2. The zero-order chi connectivity index (χ0) is 14.3. The second-order valence-corrected chi connectivity index (χ2v) is 4.64. The molecule has 0 aliphatic rings. The lowest BCUT2D eigenvalue weighted by Crippen LogP contribution is -2.30. The van der Waals surface area contributed by atoms with Crippen molar-refractivity contribution in [2.24, 2.45) is 0 Å². The van der Waals surface area contributed by atoms with Gasteiger partial charge < -0.3 is 9.40 Å². The number of aromatic amines is 2. The first kappa shape index (κ1) is 12.5. The van der Waals surface area contributed by atoms with E-state index < -0.39 is 11.2 Å². The summed E-state index contributed by atoms with van der Waals surface area (Å²) in [5.41, 5.74) is 0.511. The molecule has 0 saturated heterocycles. The normalized spacial score (nSPS) is 11.3. The second-order valence-electron chi connectivity index (χ2n) is 4.64. The summed E-state index contributed by atoms with van der Waals surface area (Å²) in [6.07, 6.45) is 2.33. The Morgan fingerprint density at radius 3 is 2.80 bits per heavy atom. The highest BCUT2D eigenvalue weighted by molar-refractivity contribution is 5.75. The molecule has 0 aliphatic carbocycles. The molecule has 2 N–H and O–H groups in total. The van der Waals surface area contributed by atoms with Crippen LogP contribution >= 0.6 is 0 Å². The molecule has 0 aromatic carbocycles. The largest absolute Gasteiger partial charge is 0.469 e. The summed E-state index contributed by atoms with van der Waals surface area (Å²) in [5.74, 6) is 1.26. The molecule has 104 valence electrons. The summed E-state index contributed by atoms with van der Waals surface area (Å²) >= 11 is 0. The van der Waals surface area contributed by atoms with Crippen molar-refractivity contribution < 1.29 is 4.42 Å². The van der Waals surface area contributed by atoms with Gasteiger partial charge in [-0.15, -0.1) is 0 Å². The average molecular weight is 274 g/mol. The average Bonchev–Trinajstić information content (AvgIpc) is 3.00. The Hall–Kier alpha value is -2.57. The molecule has 0 bridgehead atoms. The van der Waals surface area contributed by atoms with Gasteiger partial charge in [0.05, 0.1) is 5.56 Å². The van der Waals surface area contributed by atoms with Gasteiger partial charge >= 0.3 is 5.69 Å². The number of nitrogens with zero attached hydrogens (tertiary/aromatic N) is 2. The first-order valence-corrected chi connectivity index (χ1v) is 6.38. The second kappa shape index (κ2) is 4.52. The molecule has 7 heteroatoms. The van der Waals surface area contributed by atoms with E-state index in [0.29, 0.717) is 23.5 Å². The summed E-state index contributed by atoms with van der Waals surface area (Å²) in [7, 11) is 0. The highest BCUT2D eigenvalue weighted by Crippen LogP contribution is 2.20. The number of H-pyrrole nitrogens is 2. The third kappa shape index (κ3) is 1.87. The van der Waals surface area contributed by atoms with Crippen molar-refractivity contribution >= 4 is 11.2 Å². The molecule has 0 unspecified atom stereocenters. The number of hydrogen-bond acceptors (Lipinski definition) is 4. The van der Waals surface area contributed by atoms with Gasteiger partial charge in [-0.25, -0.2) is 9.78 Å². The lowest BCUT2D eigenvalue weighted by atomic mass is 10.3. The molecule has 3 aromatic heterocycles. The van der Waals surface area contributed by atoms with Crippen molar-refractivity contribution in [3.8, 4) is 11.4 Å². The van der Waals surface area contributed by atoms with Crippen LogP contribution in [0.2, 0.25) is 0 Å². The van der Waals surface area contributed by atoms with Gasteiger partial charge in [-0.1, -0.05) is 6.92 Å². The maximum Gasteiger partial charge on any atom is 0.330 e. The van der Waals surface area contributed by atoms with Crippen LogP contribution in [-0.2, 0) is 6.54 Å². The zero-order valence-electron chi connectivity index (χ0n) is 11.2. The summed E-state index contributed by atoms with van der Waals surface area (Å²) < 4.78 is 6.69. The van der Waals surface area contributed by atoms with E-state index >= 15 is 0 Å². The minimum absolute atomic E-state index is 0.298. The third-order valence-electron chi connectivity index (χ3n) is 3.08. The number of nitrogens with one attached hydrogen (secondary N) is 2. The van der Waals surface area contributed by atoms with Crippen LogP contribution in [0.3, 0.4) is 0 Å². The van der Waals surface area contributed by atoms with Crippen LogP contribution in [0.25, 0.3) is 22.6 Å². The van der Waals surface area contributed by atoms with E-state index in [1.807, 2.05) is 19.9 Å². The molecule has 0 saturated carbocycles. The number of rotatable bonds is 3. The molecule has 20 heavy (non-hydrogen) atoms. The van der Waals surface area contributed by atoms with E-state index in [4.69, 9.17) is 4.42 Å². The number of hydrogen-bond donors (Lipinski definition) is 2. The van der Waals surface area contributed by atoms with Crippen LogP contribution in [0, 0.1) is 6.92 Å². The minimum Gasteiger partial charge on any atom is -0.469 e. The number of imidazole rings is 1. The third-order valence-corrected chi connectivity index (χ3v) is 3.08. The van der Waals surface area contributed by atoms with E-state index in [2.05, 4.69) is 15.0 Å². The summed E-state index contributed by atoms with van der Waals surface area (Å²) in [6, 6.07) is 1.81. The molecule has 7 nitrogen and oxygen atoms in total. The molecule has 0 amide bonds. The summed E-state index contributed by atoms with van der Waals surface area (Å²) in [5, 5.41) is 0. The lowest BCUT2D eigenvalue weighted by Gasteiger charge is -2.02. The molecule has 3 rings (SSSR count). The van der Waals surface area contributed by atoms with E-state index in [9.17, 15) is 9.59 Å². The fraction of sp³-hybridized carbons (Fsp3) is 0.308. The topological polar surface area (TPSA) is 96.7 Å². The number of fused-ring (bicyclic) bond motifs is 1. The summed E-state index contributed by atoms with van der Waals surface area (Å²) in [6.45, 7) is 4.28. The predicted molar refractivity (Wildman–Crippen MR) is 73.7 cm³/mol. The molecule has 0 spiro atoms. The number of furan rings is 1. The number of aromatic nitrogens is 4. The van der Waals surface area contributed by atoms with E-state index in [0.717, 1.165) is 17.7 Å². The smallest absolute Gasteiger partial charge is 0.330 e. The first-order valence-electron chi connectivity index (χ1n) is 6.38. The molecule has 3 aromatic rings. The highest BCUT2D eigenvalue weighted by Gasteiger charge is 2.14. The first-order chi connectivity index (χ1) is 9.60. The van der Waals surface area contributed by atoms with Crippen molar-refractivity contribution in [1.29, 1.82) is 0 Å². The maximum atomic E-state index is 11.8. The Labute approximate surface area is 113 Å². The van der Waals surface area contributed by atoms with Crippen LogP contribution in [0.5, 0.6) is 0 Å². The van der Waals surface area contributed by atoms with Gasteiger partial charge in [0.1, 0.15) is 23.4 Å². The molecule has 3 heterocycles. The molecular weight excluding hydrogens is 260 g/mol. The summed E-state index contributed by atoms with van der Waals surface area (Å²) in [4.78, 5) is 33.3. The van der Waals surface area contributed by atoms with E-state index in [1.165, 1.54) is 4.57 Å². The standard InChI is InChI=1S/C13H14N4O3/c1-3-4-17-11-9(12(18)16-13(17)19)14-10(15-11)8-5-7(2)20-6-8/h5-6H,3-4H2,1-2H3,(H,14,15)(H,16,18,19). The molecule has 0 atom stereocenters. The van der Waals surface area contributed by atoms with Gasteiger partial charge in [0.2, 0.25) is 0 Å². The van der Waals surface area contributed by atoms with Crippen LogP contribution < -0.4 is 11.2 Å². The molecule has 0 fully saturated rings. The van der Waals surface area contributed by atoms with Crippen LogP contribution in [0.4, 0.5) is 0 Å². The predicted octanol–water partition coefficient (Wildman–Crippen LogP) is 1.39. The Morgan fingerprint density at radius 2 is 2.15 bits per heavy atom. The van der Waals surface area contributed by atoms with Gasteiger partial charge in [0, 0.05) is 6.54 Å². The maximum absolute atomic E-state index is 11.8. The van der Waals surface area contributed by atoms with Crippen LogP contribution in [0.15, 0.2) is 26.3 Å². The van der Waals surface area contributed by atoms with Crippen molar-refractivity contribution in [1.82, 2.24) is 19.5 Å². The van der Waals surface area contributed by atoms with Gasteiger partial charge in [-0.05, 0) is 19.4 Å². The number of aryl methyl sites for hydroxylation is 2. The monoisotopic (exact) mass is 274 g/mol. The van der Waals surface area contributed by atoms with Gasteiger partial charge in [-0.3, -0.25) is 14.3 Å². The van der Waals surface area contributed by atoms with Gasteiger partial charge in [-0.2, -0.15) is 0 Å². The molecular formula is C13H14N4O3. The van der Waals surface area contributed by atoms with Crippen molar-refractivity contribution in [2.45, 2.75) is 26.8 Å². The van der Waals surface area contributed by atoms with Gasteiger partial charge in [0.15, 0.2) is 5.65 Å². The minimum atomic E-state index is -0.462. The fourth-order valence-corrected chi connectivity index (χ4v) is 2.18. The molecule has 0 radical (unpaired) electrons. The molecule has 0 aliphatic heterocycles. The Bertz CT molecular complexity index is 881. The van der Waals surface area contributed by atoms with Crippen LogP contribution in [-0.4, -0.2) is 19.5 Å². The Kier molecular flexibility index (Phi) is 2.81. The van der Waals surface area contributed by atoms with Crippen molar-refractivity contribution in [2.75, 3.05) is 0 Å². The Morgan fingerprint density at radius 1 is 1.35 bits per heavy atom. The quantitative estimate of drug-likeness (QED) is 0.754. The van der Waals surface area contributed by atoms with Crippen LogP contribution in [0.1, 0.15) is 19.1 Å². The lowest BCUT2D eigenvalue weighted by molar-refractivity contribution is 0.534. The van der Waals surface area contributed by atoms with E-state index in [-0.39, 0.29) is 0 Å². The van der Waals surface area contributed by atoms with Crippen molar-refractivity contribution in [3.05, 3.63) is 38.9 Å². The van der Waals surface area contributed by atoms with Crippen molar-refractivity contribution in [3.63, 3.8) is 0 Å². The Balaban J connectivity index is 2.29. The fourth-order valence-electron chi connectivity index (χ4n) is 2.18. The SMILES string of the molecule is CCCn1c(=O)[nH]c(=O)c2[nH]c(-c3coc(C)c3)nc21.